The molecule has 2 nitrogen and oxygen atoms in total. The lowest BCUT2D eigenvalue weighted by atomic mass is 10.2. The van der Waals surface area contributed by atoms with Crippen LogP contribution in [-0.4, -0.2) is 10.2 Å². The molecule has 14 heavy (non-hydrogen) atoms. The Morgan fingerprint density at radius 1 is 1.14 bits per heavy atom. The highest BCUT2D eigenvalue weighted by molar-refractivity contribution is 7.19. The molecule has 0 aliphatic rings. The summed E-state index contributed by atoms with van der Waals surface area (Å²) in [5.74, 6) is -0.715. The molecule has 74 valence electrons. The van der Waals surface area contributed by atoms with Gasteiger partial charge in [0.25, 0.3) is 0 Å². The van der Waals surface area contributed by atoms with E-state index in [4.69, 9.17) is 23.2 Å². The highest BCUT2D eigenvalue weighted by Gasteiger charge is 2.17. The number of fused-ring (bicyclic) bond motifs is 1. The molecule has 0 unspecified atom stereocenters. The SMILES string of the molecule is Cc1cc2c(Cl)c(O)c(O)c(Cl)c2s1. The Morgan fingerprint density at radius 2 is 1.71 bits per heavy atom. The van der Waals surface area contributed by atoms with Crippen LogP contribution in [0.15, 0.2) is 6.07 Å². The summed E-state index contributed by atoms with van der Waals surface area (Å²) in [7, 11) is 0. The number of rotatable bonds is 0. The second-order valence-corrected chi connectivity index (χ2v) is 4.94. The largest absolute Gasteiger partial charge is 0.503 e. The third-order valence-corrected chi connectivity index (χ3v) is 3.86. The molecule has 0 spiro atoms. The van der Waals surface area contributed by atoms with E-state index in [9.17, 15) is 10.2 Å². The van der Waals surface area contributed by atoms with Crippen LogP contribution in [-0.2, 0) is 0 Å². The van der Waals surface area contributed by atoms with E-state index < -0.39 is 0 Å². The average Bonchev–Trinajstić information content (AvgIpc) is 2.54. The van der Waals surface area contributed by atoms with Gasteiger partial charge in [-0.2, -0.15) is 0 Å². The van der Waals surface area contributed by atoms with E-state index in [-0.39, 0.29) is 21.5 Å². The fourth-order valence-corrected chi connectivity index (χ4v) is 2.84. The minimum Gasteiger partial charge on any atom is -0.503 e. The first kappa shape index (κ1) is 9.90. The second-order valence-electron chi connectivity index (χ2n) is 2.93. The van der Waals surface area contributed by atoms with Crippen molar-refractivity contribution in [3.63, 3.8) is 0 Å². The van der Waals surface area contributed by atoms with Gasteiger partial charge in [0, 0.05) is 10.3 Å². The van der Waals surface area contributed by atoms with Gasteiger partial charge in [0.1, 0.15) is 5.02 Å². The standard InChI is InChI=1S/C9H6Cl2O2S/c1-3-2-4-5(10)7(12)8(13)6(11)9(4)14-3/h2,12-13H,1H3. The molecular formula is C9H6Cl2O2S. The van der Waals surface area contributed by atoms with Crippen molar-refractivity contribution < 1.29 is 10.2 Å². The molecule has 2 rings (SSSR count). The summed E-state index contributed by atoms with van der Waals surface area (Å²) < 4.78 is 0.699. The third-order valence-electron chi connectivity index (χ3n) is 1.93. The van der Waals surface area contributed by atoms with Gasteiger partial charge in [0.05, 0.1) is 9.72 Å². The molecule has 1 aromatic heterocycles. The van der Waals surface area contributed by atoms with Crippen molar-refractivity contribution in [1.29, 1.82) is 0 Å². The number of benzene rings is 1. The van der Waals surface area contributed by atoms with Crippen LogP contribution < -0.4 is 0 Å². The first-order valence-electron chi connectivity index (χ1n) is 3.81. The fourth-order valence-electron chi connectivity index (χ4n) is 1.28. The van der Waals surface area contributed by atoms with Gasteiger partial charge in [-0.1, -0.05) is 23.2 Å². The molecular weight excluding hydrogens is 243 g/mol. The molecule has 1 heterocycles. The summed E-state index contributed by atoms with van der Waals surface area (Å²) in [6, 6.07) is 1.83. The van der Waals surface area contributed by atoms with Crippen LogP contribution in [0.1, 0.15) is 4.88 Å². The predicted molar refractivity (Wildman–Crippen MR) is 59.9 cm³/mol. The summed E-state index contributed by atoms with van der Waals surface area (Å²) >= 11 is 13.1. The Hall–Kier alpha value is -0.640. The number of thiophene rings is 1. The minimum absolute atomic E-state index is 0.145. The summed E-state index contributed by atoms with van der Waals surface area (Å²) in [6.45, 7) is 1.91. The number of aromatic hydroxyl groups is 2. The number of hydrogen-bond donors (Lipinski definition) is 2. The van der Waals surface area contributed by atoms with Gasteiger partial charge in [-0.3, -0.25) is 0 Å². The number of phenolic OH excluding ortho intramolecular Hbond substituents is 2. The van der Waals surface area contributed by atoms with Gasteiger partial charge in [-0.15, -0.1) is 11.3 Å². The normalized spacial score (nSPS) is 11.1. The van der Waals surface area contributed by atoms with Gasteiger partial charge < -0.3 is 10.2 Å². The maximum absolute atomic E-state index is 9.43. The third kappa shape index (κ3) is 1.24. The summed E-state index contributed by atoms with van der Waals surface area (Å²) in [4.78, 5) is 1.02. The lowest BCUT2D eigenvalue weighted by Gasteiger charge is -2.03. The molecule has 1 aromatic carbocycles. The number of aryl methyl sites for hydroxylation is 1. The average molecular weight is 249 g/mol. The topological polar surface area (TPSA) is 40.5 Å². The Kier molecular flexibility index (Phi) is 2.26. The minimum atomic E-state index is -0.359. The lowest BCUT2D eigenvalue weighted by molar-refractivity contribution is 0.405. The zero-order valence-corrected chi connectivity index (χ0v) is 9.46. The van der Waals surface area contributed by atoms with Crippen LogP contribution in [0.25, 0.3) is 10.1 Å². The molecule has 0 saturated carbocycles. The molecule has 2 aromatic rings. The predicted octanol–water partition coefficient (Wildman–Crippen LogP) is 3.93. The van der Waals surface area contributed by atoms with Crippen LogP contribution in [0.5, 0.6) is 11.5 Å². The summed E-state index contributed by atoms with van der Waals surface area (Å²) in [5, 5.41) is 19.8. The van der Waals surface area contributed by atoms with Crippen molar-refractivity contribution in [3.8, 4) is 11.5 Å². The van der Waals surface area contributed by atoms with Gasteiger partial charge in [0.2, 0.25) is 0 Å². The van der Waals surface area contributed by atoms with E-state index >= 15 is 0 Å². The van der Waals surface area contributed by atoms with Crippen molar-refractivity contribution >= 4 is 44.6 Å². The van der Waals surface area contributed by atoms with Crippen molar-refractivity contribution in [3.05, 3.63) is 21.0 Å². The van der Waals surface area contributed by atoms with Crippen LogP contribution in [0.4, 0.5) is 0 Å². The van der Waals surface area contributed by atoms with E-state index in [1.54, 1.807) is 0 Å². The van der Waals surface area contributed by atoms with Gasteiger partial charge in [-0.05, 0) is 13.0 Å². The molecule has 0 aliphatic heterocycles. The number of halogens is 2. The van der Waals surface area contributed by atoms with E-state index in [2.05, 4.69) is 0 Å². The van der Waals surface area contributed by atoms with Crippen molar-refractivity contribution in [2.75, 3.05) is 0 Å². The number of phenols is 2. The zero-order chi connectivity index (χ0) is 10.5. The van der Waals surface area contributed by atoms with E-state index in [1.807, 2.05) is 13.0 Å². The maximum Gasteiger partial charge on any atom is 0.179 e. The maximum atomic E-state index is 9.43. The Balaban J connectivity index is 3.01. The molecule has 0 bridgehead atoms. The molecule has 0 atom stereocenters. The van der Waals surface area contributed by atoms with Crippen molar-refractivity contribution in [2.45, 2.75) is 6.92 Å². The van der Waals surface area contributed by atoms with Gasteiger partial charge in [0.15, 0.2) is 11.5 Å². The molecule has 0 aliphatic carbocycles. The lowest BCUT2D eigenvalue weighted by Crippen LogP contribution is -1.75. The Bertz CT molecular complexity index is 474. The fraction of sp³-hybridized carbons (Fsp3) is 0.111. The van der Waals surface area contributed by atoms with Crippen LogP contribution in [0.3, 0.4) is 0 Å². The molecule has 0 fully saturated rings. The van der Waals surface area contributed by atoms with Crippen molar-refractivity contribution in [2.24, 2.45) is 0 Å². The van der Waals surface area contributed by atoms with E-state index in [0.29, 0.717) is 10.1 Å². The van der Waals surface area contributed by atoms with Crippen LogP contribution in [0.2, 0.25) is 10.0 Å². The quantitative estimate of drug-likeness (QED) is 0.694. The Morgan fingerprint density at radius 3 is 2.36 bits per heavy atom. The van der Waals surface area contributed by atoms with Crippen LogP contribution >= 0.6 is 34.5 Å². The first-order valence-corrected chi connectivity index (χ1v) is 5.38. The molecule has 2 N–H and O–H groups in total. The highest BCUT2D eigenvalue weighted by Crippen LogP contribution is 2.48. The smallest absolute Gasteiger partial charge is 0.179 e. The van der Waals surface area contributed by atoms with Gasteiger partial charge >= 0.3 is 0 Å². The Labute approximate surface area is 94.3 Å². The summed E-state index contributed by atoms with van der Waals surface area (Å²) in [6.07, 6.45) is 0. The van der Waals surface area contributed by atoms with E-state index in [0.717, 1.165) is 4.88 Å². The molecule has 0 saturated heterocycles. The zero-order valence-electron chi connectivity index (χ0n) is 7.14. The summed E-state index contributed by atoms with van der Waals surface area (Å²) in [5.41, 5.74) is 0. The monoisotopic (exact) mass is 248 g/mol. The molecule has 5 heteroatoms. The molecule has 0 amide bonds. The van der Waals surface area contributed by atoms with Crippen molar-refractivity contribution in [1.82, 2.24) is 0 Å². The molecule has 0 radical (unpaired) electrons. The van der Waals surface area contributed by atoms with Gasteiger partial charge in [-0.25, -0.2) is 0 Å². The second kappa shape index (κ2) is 3.19. The highest BCUT2D eigenvalue weighted by atomic mass is 35.5. The van der Waals surface area contributed by atoms with Crippen LogP contribution in [0, 0.1) is 6.92 Å². The van der Waals surface area contributed by atoms with E-state index in [1.165, 1.54) is 11.3 Å². The first-order chi connectivity index (χ1) is 6.52. The number of hydrogen-bond acceptors (Lipinski definition) is 3.